The number of H-pyrrole nitrogens is 1. The van der Waals surface area contributed by atoms with E-state index < -0.39 is 17.8 Å². The lowest BCUT2D eigenvalue weighted by Gasteiger charge is -2.43. The van der Waals surface area contributed by atoms with E-state index in [0.29, 0.717) is 40.1 Å². The van der Waals surface area contributed by atoms with Crippen LogP contribution in [0.25, 0.3) is 0 Å². The summed E-state index contributed by atoms with van der Waals surface area (Å²) in [6.45, 7) is 3.94. The van der Waals surface area contributed by atoms with Gasteiger partial charge < -0.3 is 24.5 Å². The average Bonchev–Trinajstić information content (AvgIpc) is 3.87. The molecule has 2 aliphatic heterocycles. The highest BCUT2D eigenvalue weighted by Crippen LogP contribution is 2.68. The van der Waals surface area contributed by atoms with Gasteiger partial charge in [0.1, 0.15) is 0 Å². The number of ether oxygens (including phenoxy) is 3. The van der Waals surface area contributed by atoms with Crippen LogP contribution in [-0.2, 0) is 19.1 Å². The fourth-order valence-electron chi connectivity index (χ4n) is 8.58. The van der Waals surface area contributed by atoms with Gasteiger partial charge in [0.2, 0.25) is 11.8 Å². The minimum atomic E-state index is -0.489. The molecule has 268 valence electrons. The van der Waals surface area contributed by atoms with Gasteiger partial charge in [-0.2, -0.15) is 0 Å². The van der Waals surface area contributed by atoms with Crippen LogP contribution in [0, 0.1) is 29.6 Å². The van der Waals surface area contributed by atoms with E-state index in [9.17, 15) is 24.0 Å². The third kappa shape index (κ3) is 5.88. The Morgan fingerprint density at radius 2 is 1.63 bits per heavy atom. The minimum absolute atomic E-state index is 0.0000706. The molecule has 8 rings (SSSR count). The van der Waals surface area contributed by atoms with E-state index in [0.717, 1.165) is 21.9 Å². The molecule has 52 heavy (non-hydrogen) atoms. The van der Waals surface area contributed by atoms with Gasteiger partial charge in [0.25, 0.3) is 5.91 Å². The first-order valence-corrected chi connectivity index (χ1v) is 19.2. The van der Waals surface area contributed by atoms with Crippen molar-refractivity contribution in [1.29, 1.82) is 0 Å². The highest BCUT2D eigenvalue weighted by Gasteiger charge is 2.69. The number of amides is 3. The second kappa shape index (κ2) is 13.8. The number of halogens is 1. The zero-order valence-electron chi connectivity index (χ0n) is 28.1. The van der Waals surface area contributed by atoms with E-state index in [1.807, 2.05) is 19.1 Å². The van der Waals surface area contributed by atoms with Crippen LogP contribution in [0.5, 0.6) is 11.5 Å². The number of rotatable bonds is 10. The van der Waals surface area contributed by atoms with Crippen LogP contribution in [-0.4, -0.2) is 53.7 Å². The van der Waals surface area contributed by atoms with Crippen molar-refractivity contribution in [1.82, 2.24) is 4.98 Å². The number of anilines is 2. The lowest BCUT2D eigenvalue weighted by molar-refractivity contribution is -0.123. The molecule has 2 N–H and O–H groups in total. The largest absolute Gasteiger partial charge is 0.490 e. The number of hydrogen-bond acceptors (Lipinski definition) is 10. The fraction of sp³-hybridized carbons (Fsp3) is 0.342. The Morgan fingerprint density at radius 3 is 2.35 bits per heavy atom. The Balaban J connectivity index is 1.08. The second-order valence-electron chi connectivity index (χ2n) is 13.2. The molecule has 14 heteroatoms. The van der Waals surface area contributed by atoms with E-state index in [1.54, 1.807) is 73.3 Å². The molecular weight excluding hydrogens is 726 g/mol. The lowest BCUT2D eigenvalue weighted by Crippen LogP contribution is -2.42. The zero-order chi connectivity index (χ0) is 36.3. The molecule has 4 aromatic rings. The van der Waals surface area contributed by atoms with E-state index in [1.165, 1.54) is 16.2 Å². The number of thioether (sulfide) groups is 1. The van der Waals surface area contributed by atoms with Crippen molar-refractivity contribution in [2.45, 2.75) is 36.5 Å². The molecule has 3 amide bonds. The summed E-state index contributed by atoms with van der Waals surface area (Å²) in [7, 11) is 0. The number of aromatic amines is 1. The minimum Gasteiger partial charge on any atom is -0.490 e. The number of thiazole rings is 1. The maximum atomic E-state index is 14.2. The van der Waals surface area contributed by atoms with Crippen LogP contribution in [0.3, 0.4) is 0 Å². The molecule has 4 unspecified atom stereocenters. The smallest absolute Gasteiger partial charge is 0.338 e. The number of esters is 1. The topological polar surface area (TPSA) is 144 Å². The lowest BCUT2D eigenvalue weighted by atomic mass is 9.68. The van der Waals surface area contributed by atoms with Crippen LogP contribution in [0.4, 0.5) is 11.4 Å². The Kier molecular flexibility index (Phi) is 9.12. The molecule has 0 radical (unpaired) electrons. The van der Waals surface area contributed by atoms with Crippen LogP contribution in [0.1, 0.15) is 47.0 Å². The van der Waals surface area contributed by atoms with Crippen molar-refractivity contribution >= 4 is 69.8 Å². The number of nitrogens with one attached hydrogen (secondary N) is 2. The summed E-state index contributed by atoms with van der Waals surface area (Å²) in [5.74, 6) is -1.75. The molecule has 4 aliphatic rings. The van der Waals surface area contributed by atoms with Crippen LogP contribution < -0.4 is 24.6 Å². The number of nitrogens with zero attached hydrogens (tertiary/aromatic N) is 1. The number of imide groups is 1. The summed E-state index contributed by atoms with van der Waals surface area (Å²) in [5.41, 5.74) is 2.28. The van der Waals surface area contributed by atoms with Crippen molar-refractivity contribution < 1.29 is 33.4 Å². The maximum Gasteiger partial charge on any atom is 0.338 e. The van der Waals surface area contributed by atoms with Gasteiger partial charge in [0, 0.05) is 26.8 Å². The summed E-state index contributed by atoms with van der Waals surface area (Å²) in [6.07, 6.45) is 0.739. The van der Waals surface area contributed by atoms with Crippen molar-refractivity contribution in [2.75, 3.05) is 30.0 Å². The predicted molar refractivity (Wildman–Crippen MR) is 197 cm³/mol. The Hall–Kier alpha value is -4.59. The number of carbonyl (C=O) groups is 4. The third-order valence-corrected chi connectivity index (χ3v) is 13.3. The molecule has 7 atom stereocenters. The number of aromatic nitrogens is 1. The summed E-state index contributed by atoms with van der Waals surface area (Å²) < 4.78 is 17.0. The van der Waals surface area contributed by atoms with Crippen LogP contribution in [0.2, 0.25) is 5.02 Å². The highest BCUT2D eigenvalue weighted by atomic mass is 35.5. The van der Waals surface area contributed by atoms with Gasteiger partial charge in [0.05, 0.1) is 41.3 Å². The first-order chi connectivity index (χ1) is 25.2. The average molecular weight is 760 g/mol. The van der Waals surface area contributed by atoms with Gasteiger partial charge >= 0.3 is 10.8 Å². The van der Waals surface area contributed by atoms with Gasteiger partial charge in [-0.25, -0.2) is 4.79 Å². The fourth-order valence-corrected chi connectivity index (χ4v) is 11.6. The molecule has 11 nitrogen and oxygen atoms in total. The highest BCUT2D eigenvalue weighted by molar-refractivity contribution is 8.00. The Bertz CT molecular complexity index is 2130. The van der Waals surface area contributed by atoms with Gasteiger partial charge in [0.15, 0.2) is 18.1 Å². The molecule has 2 saturated carbocycles. The van der Waals surface area contributed by atoms with Gasteiger partial charge in [-0.1, -0.05) is 29.0 Å². The van der Waals surface area contributed by atoms with Crippen molar-refractivity contribution in [2.24, 2.45) is 29.6 Å². The number of benzene rings is 3. The van der Waals surface area contributed by atoms with Crippen molar-refractivity contribution in [3.8, 4) is 11.5 Å². The van der Waals surface area contributed by atoms with E-state index in [-0.39, 0.29) is 64.7 Å². The summed E-state index contributed by atoms with van der Waals surface area (Å²) in [6, 6.07) is 18.8. The normalized spacial score (nSPS) is 25.4. The Labute approximate surface area is 312 Å². The molecular formula is C38H34ClN3O8S2. The maximum absolute atomic E-state index is 14.2. The van der Waals surface area contributed by atoms with Crippen LogP contribution in [0.15, 0.2) is 76.6 Å². The monoisotopic (exact) mass is 759 g/mol. The molecule has 1 saturated heterocycles. The van der Waals surface area contributed by atoms with E-state index in [2.05, 4.69) is 10.3 Å². The first kappa shape index (κ1) is 34.5. The van der Waals surface area contributed by atoms with Crippen molar-refractivity contribution in [3.05, 3.63) is 97.4 Å². The first-order valence-electron chi connectivity index (χ1n) is 17.2. The molecule has 0 spiro atoms. The zero-order valence-corrected chi connectivity index (χ0v) is 30.5. The van der Waals surface area contributed by atoms with Gasteiger partial charge in [-0.3, -0.25) is 24.1 Å². The number of carbonyl (C=O) groups excluding carboxylic acids is 4. The summed E-state index contributed by atoms with van der Waals surface area (Å²) in [5, 5.41) is 4.15. The molecule has 1 aromatic heterocycles. The standard InChI is InChI=1S/C38H34ClN3O8S2/c1-3-48-26-15-19(7-14-25(26)50-17-27(43)40-21-10-8-20(39)9-11-21)28-29-23-16-24(32(29)51-34-33(28)52-38(47)41-34)31-30(23)35(44)42(36(31)45)22-12-5-18(6-13-22)37(46)49-4-2/h5-15,23-24,28-32H,3-4,16-17H2,1-2H3,(H,40,43)(H,41,47)/t23-,24-,28-,29?,30?,31?,32?/m1/s1. The summed E-state index contributed by atoms with van der Waals surface area (Å²) >= 11 is 8.74. The van der Waals surface area contributed by atoms with Gasteiger partial charge in [-0.15, -0.1) is 11.8 Å². The van der Waals surface area contributed by atoms with Gasteiger partial charge in [-0.05, 0) is 104 Å². The molecule has 3 heterocycles. The molecule has 3 aromatic carbocycles. The third-order valence-electron chi connectivity index (χ3n) is 10.5. The molecule has 2 aliphatic carbocycles. The molecule has 3 fully saturated rings. The predicted octanol–water partition coefficient (Wildman–Crippen LogP) is 6.36. The van der Waals surface area contributed by atoms with E-state index in [4.69, 9.17) is 25.8 Å². The van der Waals surface area contributed by atoms with Crippen LogP contribution >= 0.6 is 34.7 Å². The molecule has 2 bridgehead atoms. The van der Waals surface area contributed by atoms with Crippen molar-refractivity contribution in [3.63, 3.8) is 0 Å². The summed E-state index contributed by atoms with van der Waals surface area (Å²) in [4.78, 5) is 71.0. The number of hydrogen-bond donors (Lipinski definition) is 2. The Morgan fingerprint density at radius 1 is 0.904 bits per heavy atom. The SMILES string of the molecule is CCOC(=O)c1ccc(N2C(=O)C3C(C2=O)[C@@H]2C[C@H]3C3Sc4[nH]c(=O)sc4[C@H](c4ccc(OCC(=O)Nc5ccc(Cl)cc5)c(OCC)c4)C32)cc1. The van der Waals surface area contributed by atoms with E-state index >= 15 is 0 Å². The quantitative estimate of drug-likeness (QED) is 0.139. The second-order valence-corrected chi connectivity index (χ2v) is 15.9. The number of fused-ring (bicyclic) bond motifs is 9.